The lowest BCUT2D eigenvalue weighted by Gasteiger charge is -2.11. The molecule has 0 aliphatic carbocycles. The summed E-state index contributed by atoms with van der Waals surface area (Å²) in [5.41, 5.74) is 5.62. The van der Waals surface area contributed by atoms with Crippen molar-refractivity contribution >= 4 is 17.5 Å². The average molecular weight is 331 g/mol. The monoisotopic (exact) mass is 331 g/mol. The minimum atomic E-state index is -0.688. The SMILES string of the molecule is CCn1cc(NC(=O)c2ccc(CN3CCCC3)o2)c(C(N)=O)n1. The highest BCUT2D eigenvalue weighted by Crippen LogP contribution is 2.18. The summed E-state index contributed by atoms with van der Waals surface area (Å²) < 4.78 is 7.15. The molecule has 24 heavy (non-hydrogen) atoms. The second-order valence-electron chi connectivity index (χ2n) is 5.81. The number of rotatable bonds is 6. The van der Waals surface area contributed by atoms with E-state index in [1.165, 1.54) is 17.5 Å². The topological polar surface area (TPSA) is 106 Å². The Hall–Kier alpha value is -2.61. The van der Waals surface area contributed by atoms with Crippen LogP contribution in [0, 0.1) is 0 Å². The zero-order valence-electron chi connectivity index (χ0n) is 13.6. The maximum Gasteiger partial charge on any atom is 0.291 e. The molecule has 0 bridgehead atoms. The highest BCUT2D eigenvalue weighted by atomic mass is 16.4. The second-order valence-corrected chi connectivity index (χ2v) is 5.81. The fourth-order valence-corrected chi connectivity index (χ4v) is 2.79. The van der Waals surface area contributed by atoms with E-state index in [1.807, 2.05) is 6.92 Å². The Kier molecular flexibility index (Phi) is 4.66. The van der Waals surface area contributed by atoms with Crippen molar-refractivity contribution in [1.82, 2.24) is 14.7 Å². The molecular weight excluding hydrogens is 310 g/mol. The van der Waals surface area contributed by atoms with Crippen molar-refractivity contribution in [3.63, 3.8) is 0 Å². The fourth-order valence-electron chi connectivity index (χ4n) is 2.79. The normalized spacial score (nSPS) is 14.9. The lowest BCUT2D eigenvalue weighted by molar-refractivity contribution is 0.0993. The molecule has 128 valence electrons. The van der Waals surface area contributed by atoms with Crippen LogP contribution in [0.3, 0.4) is 0 Å². The third kappa shape index (κ3) is 3.48. The molecule has 3 rings (SSSR count). The second kappa shape index (κ2) is 6.88. The van der Waals surface area contributed by atoms with Crippen LogP contribution >= 0.6 is 0 Å². The Bertz CT molecular complexity index is 743. The van der Waals surface area contributed by atoms with Gasteiger partial charge in [-0.15, -0.1) is 0 Å². The number of carbonyl (C=O) groups is 2. The predicted molar refractivity (Wildman–Crippen MR) is 87.6 cm³/mol. The number of amides is 2. The molecule has 1 aliphatic heterocycles. The number of hydrogen-bond donors (Lipinski definition) is 2. The molecule has 2 amide bonds. The summed E-state index contributed by atoms with van der Waals surface area (Å²) in [6, 6.07) is 3.44. The highest BCUT2D eigenvalue weighted by Gasteiger charge is 2.20. The number of hydrogen-bond acceptors (Lipinski definition) is 5. The van der Waals surface area contributed by atoms with Crippen molar-refractivity contribution in [2.45, 2.75) is 32.9 Å². The van der Waals surface area contributed by atoms with E-state index in [4.69, 9.17) is 10.2 Å². The van der Waals surface area contributed by atoms with Crippen LogP contribution in [-0.4, -0.2) is 39.6 Å². The van der Waals surface area contributed by atoms with E-state index in [1.54, 1.807) is 18.3 Å². The van der Waals surface area contributed by atoms with E-state index in [9.17, 15) is 9.59 Å². The highest BCUT2D eigenvalue weighted by molar-refractivity contribution is 6.06. The molecule has 1 saturated heterocycles. The summed E-state index contributed by atoms with van der Waals surface area (Å²) in [5, 5.41) is 6.68. The standard InChI is InChI=1S/C16H21N5O3/c1-2-21-10-12(14(19-21)15(17)22)18-16(23)13-6-5-11(24-13)9-20-7-3-4-8-20/h5-6,10H,2-4,7-9H2,1H3,(H2,17,22)(H,18,23). The predicted octanol–water partition coefficient (Wildman–Crippen LogP) is 1.44. The number of carbonyl (C=O) groups excluding carboxylic acids is 2. The van der Waals surface area contributed by atoms with Crippen molar-refractivity contribution in [2.24, 2.45) is 5.73 Å². The number of furan rings is 1. The minimum absolute atomic E-state index is 0.0362. The first-order valence-electron chi connectivity index (χ1n) is 8.06. The summed E-state index contributed by atoms with van der Waals surface area (Å²) in [7, 11) is 0. The Morgan fingerprint density at radius 3 is 2.75 bits per heavy atom. The lowest BCUT2D eigenvalue weighted by Crippen LogP contribution is -2.18. The van der Waals surface area contributed by atoms with Crippen LogP contribution in [0.2, 0.25) is 0 Å². The first kappa shape index (κ1) is 16.3. The Morgan fingerprint density at radius 2 is 2.08 bits per heavy atom. The van der Waals surface area contributed by atoms with Gasteiger partial charge in [-0.2, -0.15) is 5.10 Å². The molecule has 1 aliphatic rings. The van der Waals surface area contributed by atoms with Crippen LogP contribution in [0.4, 0.5) is 5.69 Å². The molecule has 8 heteroatoms. The van der Waals surface area contributed by atoms with E-state index >= 15 is 0 Å². The molecule has 3 heterocycles. The minimum Gasteiger partial charge on any atom is -0.455 e. The van der Waals surface area contributed by atoms with Gasteiger partial charge in [-0.05, 0) is 45.0 Å². The summed E-state index contributed by atoms with van der Waals surface area (Å²) in [6.07, 6.45) is 3.98. The zero-order valence-corrected chi connectivity index (χ0v) is 13.6. The average Bonchev–Trinajstić information content (AvgIpc) is 3.27. The maximum atomic E-state index is 12.3. The number of aromatic nitrogens is 2. The van der Waals surface area contributed by atoms with Crippen molar-refractivity contribution in [2.75, 3.05) is 18.4 Å². The number of primary amides is 1. The van der Waals surface area contributed by atoms with Gasteiger partial charge in [-0.25, -0.2) is 0 Å². The van der Waals surface area contributed by atoms with Crippen LogP contribution in [-0.2, 0) is 13.1 Å². The largest absolute Gasteiger partial charge is 0.455 e. The van der Waals surface area contributed by atoms with Gasteiger partial charge in [0, 0.05) is 12.7 Å². The Balaban J connectivity index is 1.70. The number of aryl methyl sites for hydroxylation is 1. The third-order valence-corrected chi connectivity index (χ3v) is 4.03. The van der Waals surface area contributed by atoms with Gasteiger partial charge in [0.05, 0.1) is 12.2 Å². The number of likely N-dealkylation sites (tertiary alicyclic amines) is 1. The van der Waals surface area contributed by atoms with Gasteiger partial charge in [0.2, 0.25) is 0 Å². The van der Waals surface area contributed by atoms with Crippen LogP contribution in [0.5, 0.6) is 0 Å². The summed E-state index contributed by atoms with van der Waals surface area (Å²) in [5.74, 6) is -0.169. The first-order valence-corrected chi connectivity index (χ1v) is 8.06. The molecule has 2 aromatic heterocycles. The Labute approximate surface area is 139 Å². The van der Waals surface area contributed by atoms with E-state index in [2.05, 4.69) is 15.3 Å². The van der Waals surface area contributed by atoms with Gasteiger partial charge in [0.25, 0.3) is 11.8 Å². The van der Waals surface area contributed by atoms with Gasteiger partial charge in [0.15, 0.2) is 11.5 Å². The van der Waals surface area contributed by atoms with Crippen molar-refractivity contribution in [3.8, 4) is 0 Å². The van der Waals surface area contributed by atoms with Crippen molar-refractivity contribution < 1.29 is 14.0 Å². The molecule has 8 nitrogen and oxygen atoms in total. The van der Waals surface area contributed by atoms with Crippen LogP contribution in [0.25, 0.3) is 0 Å². The maximum absolute atomic E-state index is 12.3. The third-order valence-electron chi connectivity index (χ3n) is 4.03. The molecule has 0 aromatic carbocycles. The van der Waals surface area contributed by atoms with Gasteiger partial charge in [-0.3, -0.25) is 19.2 Å². The molecule has 0 saturated carbocycles. The molecule has 1 fully saturated rings. The number of nitrogens with two attached hydrogens (primary N) is 1. The molecule has 2 aromatic rings. The molecule has 0 spiro atoms. The molecule has 0 atom stereocenters. The number of nitrogens with one attached hydrogen (secondary N) is 1. The van der Waals surface area contributed by atoms with Gasteiger partial charge in [0.1, 0.15) is 5.76 Å². The quantitative estimate of drug-likeness (QED) is 0.833. The zero-order chi connectivity index (χ0) is 17.1. The van der Waals surface area contributed by atoms with E-state index < -0.39 is 11.8 Å². The first-order chi connectivity index (χ1) is 11.6. The fraction of sp³-hybridized carbons (Fsp3) is 0.438. The van der Waals surface area contributed by atoms with E-state index in [0.717, 1.165) is 18.8 Å². The van der Waals surface area contributed by atoms with Crippen molar-refractivity contribution in [3.05, 3.63) is 35.5 Å². The van der Waals surface area contributed by atoms with Crippen LogP contribution in [0.15, 0.2) is 22.7 Å². The molecular formula is C16H21N5O3. The summed E-state index contributed by atoms with van der Waals surface area (Å²) >= 11 is 0. The number of anilines is 1. The number of nitrogens with zero attached hydrogens (tertiary/aromatic N) is 3. The summed E-state index contributed by atoms with van der Waals surface area (Å²) in [6.45, 7) is 5.26. The molecule has 0 unspecified atom stereocenters. The van der Waals surface area contributed by atoms with Gasteiger partial charge >= 0.3 is 0 Å². The van der Waals surface area contributed by atoms with Crippen molar-refractivity contribution in [1.29, 1.82) is 0 Å². The van der Waals surface area contributed by atoms with E-state index in [0.29, 0.717) is 13.1 Å². The van der Waals surface area contributed by atoms with Crippen LogP contribution in [0.1, 0.15) is 46.6 Å². The summed E-state index contributed by atoms with van der Waals surface area (Å²) in [4.78, 5) is 26.1. The van der Waals surface area contributed by atoms with Gasteiger partial charge < -0.3 is 15.5 Å². The molecule has 0 radical (unpaired) electrons. The smallest absolute Gasteiger partial charge is 0.291 e. The molecule has 3 N–H and O–H groups in total. The Morgan fingerprint density at radius 1 is 1.33 bits per heavy atom. The van der Waals surface area contributed by atoms with E-state index in [-0.39, 0.29) is 17.1 Å². The van der Waals surface area contributed by atoms with Crippen LogP contribution < -0.4 is 11.1 Å². The van der Waals surface area contributed by atoms with Gasteiger partial charge in [-0.1, -0.05) is 0 Å². The lowest BCUT2D eigenvalue weighted by atomic mass is 10.3.